The van der Waals surface area contributed by atoms with E-state index in [4.69, 9.17) is 23.2 Å². The Hall–Kier alpha value is -2.84. The third kappa shape index (κ3) is 3.14. The average Bonchev–Trinajstić information content (AvgIpc) is 3.08. The van der Waals surface area contributed by atoms with Crippen LogP contribution in [0.15, 0.2) is 41.3 Å². The number of aromatic nitrogens is 5. The van der Waals surface area contributed by atoms with E-state index < -0.39 is 17.7 Å². The van der Waals surface area contributed by atoms with Crippen LogP contribution in [-0.2, 0) is 0 Å². The lowest BCUT2D eigenvalue weighted by Gasteiger charge is -2.09. The molecule has 6 nitrogen and oxygen atoms in total. The molecule has 0 radical (unpaired) electrons. The average molecular weight is 422 g/mol. The van der Waals surface area contributed by atoms with E-state index in [1.165, 1.54) is 12.3 Å². The highest BCUT2D eigenvalue weighted by atomic mass is 35.5. The van der Waals surface area contributed by atoms with Crippen LogP contribution < -0.4 is 5.56 Å². The molecule has 142 valence electrons. The molecule has 4 rings (SSSR count). The zero-order valence-corrected chi connectivity index (χ0v) is 15.8. The minimum atomic E-state index is -2.82. The van der Waals surface area contributed by atoms with E-state index in [9.17, 15) is 13.6 Å². The predicted octanol–water partition coefficient (Wildman–Crippen LogP) is 4.72. The molecule has 0 fully saturated rings. The molecule has 0 spiro atoms. The molecule has 0 saturated carbocycles. The third-order valence-electron chi connectivity index (χ3n) is 4.10. The van der Waals surface area contributed by atoms with Gasteiger partial charge in [-0.1, -0.05) is 23.2 Å². The van der Waals surface area contributed by atoms with Crippen LogP contribution in [0.4, 0.5) is 8.78 Å². The molecule has 1 N–H and O–H groups in total. The van der Waals surface area contributed by atoms with E-state index in [-0.39, 0.29) is 22.4 Å². The second kappa shape index (κ2) is 6.96. The molecule has 28 heavy (non-hydrogen) atoms. The smallest absolute Gasteiger partial charge is 0.282 e. The van der Waals surface area contributed by atoms with Crippen molar-refractivity contribution in [3.63, 3.8) is 0 Å². The Kier molecular flexibility index (Phi) is 4.60. The number of nitrogens with one attached hydrogen (secondary N) is 1. The predicted molar refractivity (Wildman–Crippen MR) is 102 cm³/mol. The summed E-state index contributed by atoms with van der Waals surface area (Å²) in [6, 6.07) is 7.46. The molecule has 1 aromatic carbocycles. The summed E-state index contributed by atoms with van der Waals surface area (Å²) in [5.41, 5.74) is 0.257. The highest BCUT2D eigenvalue weighted by Crippen LogP contribution is 2.29. The van der Waals surface area contributed by atoms with Crippen molar-refractivity contribution in [2.75, 3.05) is 0 Å². The summed E-state index contributed by atoms with van der Waals surface area (Å²) in [6.07, 6.45) is -1.37. The van der Waals surface area contributed by atoms with Gasteiger partial charge in [0.25, 0.3) is 12.0 Å². The van der Waals surface area contributed by atoms with E-state index in [1.807, 2.05) is 0 Å². The largest absolute Gasteiger partial charge is 0.305 e. The van der Waals surface area contributed by atoms with Gasteiger partial charge in [-0.15, -0.1) is 0 Å². The SMILES string of the molecule is Cc1cc(Cl)cc2c(=O)[nH]c(-c3cc(C(F)F)nn3-c3ncccc3Cl)nc12. The molecule has 4 aromatic rings. The topological polar surface area (TPSA) is 76.5 Å². The van der Waals surface area contributed by atoms with Crippen molar-refractivity contribution in [2.24, 2.45) is 0 Å². The van der Waals surface area contributed by atoms with Crippen LogP contribution in [0.1, 0.15) is 17.7 Å². The molecule has 0 saturated heterocycles. The molecule has 0 aliphatic rings. The number of pyridine rings is 1. The Balaban J connectivity index is 2.02. The fraction of sp³-hybridized carbons (Fsp3) is 0.111. The summed E-state index contributed by atoms with van der Waals surface area (Å²) in [4.78, 5) is 23.7. The quantitative estimate of drug-likeness (QED) is 0.518. The molecule has 0 atom stereocenters. The molecule has 0 bridgehead atoms. The summed E-state index contributed by atoms with van der Waals surface area (Å²) in [7, 11) is 0. The number of halogens is 4. The highest BCUT2D eigenvalue weighted by molar-refractivity contribution is 6.32. The number of hydrogen-bond acceptors (Lipinski definition) is 4. The van der Waals surface area contributed by atoms with Crippen LogP contribution in [0.5, 0.6) is 0 Å². The first kappa shape index (κ1) is 18.5. The maximum Gasteiger partial charge on any atom is 0.282 e. The van der Waals surface area contributed by atoms with Gasteiger partial charge < -0.3 is 4.98 Å². The van der Waals surface area contributed by atoms with Gasteiger partial charge in [0.05, 0.1) is 15.9 Å². The van der Waals surface area contributed by atoms with Crippen LogP contribution in [-0.4, -0.2) is 24.7 Å². The highest BCUT2D eigenvalue weighted by Gasteiger charge is 2.22. The van der Waals surface area contributed by atoms with Crippen LogP contribution in [0.2, 0.25) is 10.0 Å². The van der Waals surface area contributed by atoms with E-state index in [0.717, 1.165) is 10.7 Å². The first-order chi connectivity index (χ1) is 13.3. The monoisotopic (exact) mass is 421 g/mol. The van der Waals surface area contributed by atoms with E-state index in [0.29, 0.717) is 21.5 Å². The molecule has 0 unspecified atom stereocenters. The number of nitrogens with zero attached hydrogens (tertiary/aromatic N) is 4. The molecule has 3 aromatic heterocycles. The Bertz CT molecular complexity index is 1270. The van der Waals surface area contributed by atoms with Crippen LogP contribution >= 0.6 is 23.2 Å². The Morgan fingerprint density at radius 2 is 2.00 bits per heavy atom. The lowest BCUT2D eigenvalue weighted by Crippen LogP contribution is -2.12. The lowest BCUT2D eigenvalue weighted by atomic mass is 10.1. The minimum absolute atomic E-state index is 0.0593. The number of rotatable bonds is 3. The van der Waals surface area contributed by atoms with Crippen LogP contribution in [0.25, 0.3) is 28.2 Å². The van der Waals surface area contributed by atoms with E-state index >= 15 is 0 Å². The van der Waals surface area contributed by atoms with Crippen LogP contribution in [0.3, 0.4) is 0 Å². The standard InChI is InChI=1S/C18H11Cl2F2N5O/c1-8-5-9(19)6-10-14(8)24-16(25-18(10)28)13-7-12(15(21)22)26-27(13)17-11(20)3-2-4-23-17/h2-7,15H,1H3,(H,24,25,28). The first-order valence-electron chi connectivity index (χ1n) is 8.04. The second-order valence-electron chi connectivity index (χ2n) is 6.01. The Morgan fingerprint density at radius 3 is 2.71 bits per heavy atom. The van der Waals surface area contributed by atoms with E-state index in [1.54, 1.807) is 25.1 Å². The summed E-state index contributed by atoms with van der Waals surface area (Å²) >= 11 is 12.2. The van der Waals surface area contributed by atoms with Gasteiger partial charge in [-0.05, 0) is 42.8 Å². The molecular formula is C18H11Cl2F2N5O. The maximum absolute atomic E-state index is 13.3. The normalized spacial score (nSPS) is 11.5. The fourth-order valence-corrected chi connectivity index (χ4v) is 3.34. The van der Waals surface area contributed by atoms with Crippen molar-refractivity contribution in [3.05, 3.63) is 68.2 Å². The van der Waals surface area contributed by atoms with Gasteiger partial charge in [0.2, 0.25) is 0 Å². The third-order valence-corrected chi connectivity index (χ3v) is 4.61. The molecule has 3 heterocycles. The van der Waals surface area contributed by atoms with Crippen molar-refractivity contribution >= 4 is 34.1 Å². The molecular weight excluding hydrogens is 411 g/mol. The van der Waals surface area contributed by atoms with Crippen molar-refractivity contribution in [3.8, 4) is 17.3 Å². The van der Waals surface area contributed by atoms with Crippen molar-refractivity contribution in [1.29, 1.82) is 0 Å². The number of aromatic amines is 1. The number of benzene rings is 1. The van der Waals surface area contributed by atoms with E-state index in [2.05, 4.69) is 20.1 Å². The number of alkyl halides is 2. The molecule has 10 heteroatoms. The lowest BCUT2D eigenvalue weighted by molar-refractivity contribution is 0.145. The van der Waals surface area contributed by atoms with Gasteiger partial charge in [-0.25, -0.2) is 23.4 Å². The Labute approximate surface area is 166 Å². The number of hydrogen-bond donors (Lipinski definition) is 1. The summed E-state index contributed by atoms with van der Waals surface area (Å²) in [6.45, 7) is 1.75. The van der Waals surface area contributed by atoms with Crippen molar-refractivity contribution in [2.45, 2.75) is 13.3 Å². The minimum Gasteiger partial charge on any atom is -0.305 e. The van der Waals surface area contributed by atoms with Crippen molar-refractivity contribution in [1.82, 2.24) is 24.7 Å². The zero-order chi connectivity index (χ0) is 20.0. The van der Waals surface area contributed by atoms with Gasteiger partial charge in [0.1, 0.15) is 11.4 Å². The van der Waals surface area contributed by atoms with Gasteiger partial charge >= 0.3 is 0 Å². The molecule has 0 aliphatic heterocycles. The van der Waals surface area contributed by atoms with Gasteiger partial charge in [0.15, 0.2) is 11.6 Å². The van der Waals surface area contributed by atoms with Crippen LogP contribution in [0, 0.1) is 6.92 Å². The molecule has 0 aliphatic carbocycles. The second-order valence-corrected chi connectivity index (χ2v) is 6.85. The van der Waals surface area contributed by atoms with Gasteiger partial charge in [-0.3, -0.25) is 4.79 Å². The summed E-state index contributed by atoms with van der Waals surface area (Å²) < 4.78 is 27.7. The van der Waals surface area contributed by atoms with Gasteiger partial charge in [0, 0.05) is 11.2 Å². The first-order valence-corrected chi connectivity index (χ1v) is 8.80. The molecule has 0 amide bonds. The Morgan fingerprint density at radius 1 is 1.21 bits per heavy atom. The maximum atomic E-state index is 13.3. The number of fused-ring (bicyclic) bond motifs is 1. The summed E-state index contributed by atoms with van der Waals surface area (Å²) in [5.74, 6) is 0.200. The van der Waals surface area contributed by atoms with Crippen molar-refractivity contribution < 1.29 is 8.78 Å². The zero-order valence-electron chi connectivity index (χ0n) is 14.3. The van der Waals surface area contributed by atoms with Gasteiger partial charge in [-0.2, -0.15) is 5.10 Å². The fourth-order valence-electron chi connectivity index (χ4n) is 2.86. The summed E-state index contributed by atoms with van der Waals surface area (Å²) in [5, 5.41) is 4.80. The number of H-pyrrole nitrogens is 1. The number of aryl methyl sites for hydroxylation is 1.